The first-order valence-corrected chi connectivity index (χ1v) is 7.44. The number of rotatable bonds is 6. The first-order valence-electron chi connectivity index (χ1n) is 5.96. The predicted octanol–water partition coefficient (Wildman–Crippen LogP) is 0.569. The average molecular weight is 274 g/mol. The highest BCUT2D eigenvalue weighted by molar-refractivity contribution is 7.89. The van der Waals surface area contributed by atoms with Crippen LogP contribution in [0.5, 0.6) is 0 Å². The quantitative estimate of drug-likeness (QED) is 0.744. The van der Waals surface area contributed by atoms with E-state index < -0.39 is 15.6 Å². The number of hydrogen-bond acceptors (Lipinski definition) is 4. The van der Waals surface area contributed by atoms with Gasteiger partial charge in [0.25, 0.3) is 0 Å². The Morgan fingerprint density at radius 2 is 2.06 bits per heavy atom. The van der Waals surface area contributed by atoms with E-state index in [0.717, 1.165) is 13.0 Å². The van der Waals surface area contributed by atoms with Crippen LogP contribution in [0, 0.1) is 0 Å². The largest absolute Gasteiger partial charge is 0.320 e. The third-order valence-corrected chi connectivity index (χ3v) is 3.89. The van der Waals surface area contributed by atoms with Crippen molar-refractivity contribution in [3.8, 4) is 0 Å². The summed E-state index contributed by atoms with van der Waals surface area (Å²) >= 11 is 0. The SMILES string of the molecule is CNCCCn1cc(S(=O)(=O)NC(C)(C)C)cn1. The topological polar surface area (TPSA) is 76.0 Å². The molecule has 0 atom stereocenters. The van der Waals surface area contributed by atoms with Crippen molar-refractivity contribution in [2.24, 2.45) is 0 Å². The van der Waals surface area contributed by atoms with Crippen LogP contribution < -0.4 is 10.0 Å². The Morgan fingerprint density at radius 3 is 2.61 bits per heavy atom. The fourth-order valence-corrected chi connectivity index (χ4v) is 2.86. The molecule has 104 valence electrons. The maximum absolute atomic E-state index is 12.0. The van der Waals surface area contributed by atoms with Gasteiger partial charge < -0.3 is 5.32 Å². The van der Waals surface area contributed by atoms with Crippen molar-refractivity contribution >= 4 is 10.0 Å². The Balaban J connectivity index is 2.73. The average Bonchev–Trinajstić information content (AvgIpc) is 2.63. The van der Waals surface area contributed by atoms with E-state index in [2.05, 4.69) is 15.1 Å². The Kier molecular flexibility index (Phi) is 4.89. The number of aromatic nitrogens is 2. The maximum atomic E-state index is 12.0. The summed E-state index contributed by atoms with van der Waals surface area (Å²) in [6.07, 6.45) is 3.85. The molecule has 0 aliphatic heterocycles. The van der Waals surface area contributed by atoms with Crippen molar-refractivity contribution in [1.82, 2.24) is 19.8 Å². The zero-order valence-electron chi connectivity index (χ0n) is 11.4. The molecule has 0 saturated carbocycles. The number of sulfonamides is 1. The van der Waals surface area contributed by atoms with Crippen molar-refractivity contribution in [3.05, 3.63) is 12.4 Å². The van der Waals surface area contributed by atoms with Crippen LogP contribution in [0.2, 0.25) is 0 Å². The van der Waals surface area contributed by atoms with E-state index in [1.165, 1.54) is 6.20 Å². The minimum absolute atomic E-state index is 0.210. The molecule has 0 fully saturated rings. The Hall–Kier alpha value is -0.920. The normalized spacial score (nSPS) is 12.9. The number of nitrogens with one attached hydrogen (secondary N) is 2. The standard InChI is InChI=1S/C11H22N4O2S/c1-11(2,3)14-18(16,17)10-8-13-15(9-10)7-5-6-12-4/h8-9,12,14H,5-7H2,1-4H3. The summed E-state index contributed by atoms with van der Waals surface area (Å²) in [7, 11) is -1.60. The van der Waals surface area contributed by atoms with Gasteiger partial charge in [-0.3, -0.25) is 4.68 Å². The lowest BCUT2D eigenvalue weighted by Crippen LogP contribution is -2.40. The van der Waals surface area contributed by atoms with E-state index in [-0.39, 0.29) is 4.90 Å². The molecule has 0 bridgehead atoms. The van der Waals surface area contributed by atoms with Gasteiger partial charge >= 0.3 is 0 Å². The molecule has 0 saturated heterocycles. The Labute approximate surface area is 109 Å². The second-order valence-electron chi connectivity index (χ2n) is 5.25. The lowest BCUT2D eigenvalue weighted by Gasteiger charge is -2.19. The third-order valence-electron chi connectivity index (χ3n) is 2.17. The fourth-order valence-electron chi connectivity index (χ4n) is 1.49. The van der Waals surface area contributed by atoms with Gasteiger partial charge in [-0.25, -0.2) is 13.1 Å². The van der Waals surface area contributed by atoms with Crippen LogP contribution in [0.1, 0.15) is 27.2 Å². The van der Waals surface area contributed by atoms with Gasteiger partial charge in [0, 0.05) is 18.3 Å². The summed E-state index contributed by atoms with van der Waals surface area (Å²) in [6.45, 7) is 7.00. The van der Waals surface area contributed by atoms with Gasteiger partial charge in [-0.05, 0) is 40.8 Å². The van der Waals surface area contributed by atoms with Gasteiger partial charge in [-0.15, -0.1) is 0 Å². The lowest BCUT2D eigenvalue weighted by molar-refractivity contribution is 0.491. The molecule has 1 heterocycles. The fraction of sp³-hybridized carbons (Fsp3) is 0.727. The lowest BCUT2D eigenvalue weighted by atomic mass is 10.1. The molecule has 0 unspecified atom stereocenters. The van der Waals surface area contributed by atoms with Crippen molar-refractivity contribution in [3.63, 3.8) is 0 Å². The van der Waals surface area contributed by atoms with Gasteiger partial charge in [0.1, 0.15) is 4.90 Å². The highest BCUT2D eigenvalue weighted by Gasteiger charge is 2.23. The smallest absolute Gasteiger partial charge is 0.244 e. The van der Waals surface area contributed by atoms with Gasteiger partial charge in [0.15, 0.2) is 0 Å². The first kappa shape index (κ1) is 15.1. The van der Waals surface area contributed by atoms with Crippen LogP contribution in [0.4, 0.5) is 0 Å². The summed E-state index contributed by atoms with van der Waals surface area (Å²) in [5, 5.41) is 7.09. The second kappa shape index (κ2) is 5.81. The van der Waals surface area contributed by atoms with E-state index in [1.54, 1.807) is 10.9 Å². The molecule has 0 aliphatic rings. The van der Waals surface area contributed by atoms with Crippen molar-refractivity contribution in [2.45, 2.75) is 44.2 Å². The van der Waals surface area contributed by atoms with Crippen LogP contribution >= 0.6 is 0 Å². The molecule has 1 aromatic rings. The van der Waals surface area contributed by atoms with Crippen LogP contribution in [0.15, 0.2) is 17.3 Å². The molecule has 2 N–H and O–H groups in total. The second-order valence-corrected chi connectivity index (χ2v) is 6.93. The van der Waals surface area contributed by atoms with Crippen LogP contribution in [-0.4, -0.2) is 37.3 Å². The zero-order valence-corrected chi connectivity index (χ0v) is 12.2. The van der Waals surface area contributed by atoms with Gasteiger partial charge in [0.2, 0.25) is 10.0 Å². The van der Waals surface area contributed by atoms with Gasteiger partial charge in [-0.2, -0.15) is 5.10 Å². The molecular weight excluding hydrogens is 252 g/mol. The van der Waals surface area contributed by atoms with E-state index in [1.807, 2.05) is 27.8 Å². The molecule has 0 aromatic carbocycles. The minimum Gasteiger partial charge on any atom is -0.320 e. The maximum Gasteiger partial charge on any atom is 0.244 e. The number of hydrogen-bond donors (Lipinski definition) is 2. The predicted molar refractivity (Wildman–Crippen MR) is 70.8 cm³/mol. The number of nitrogens with zero attached hydrogens (tertiary/aromatic N) is 2. The Morgan fingerprint density at radius 1 is 1.39 bits per heavy atom. The van der Waals surface area contributed by atoms with Crippen molar-refractivity contribution in [2.75, 3.05) is 13.6 Å². The Bertz CT molecular complexity index is 473. The van der Waals surface area contributed by atoms with E-state index in [9.17, 15) is 8.42 Å². The first-order chi connectivity index (χ1) is 8.24. The summed E-state index contributed by atoms with van der Waals surface area (Å²) in [5.41, 5.74) is -0.493. The monoisotopic (exact) mass is 274 g/mol. The van der Waals surface area contributed by atoms with Crippen molar-refractivity contribution < 1.29 is 8.42 Å². The number of aryl methyl sites for hydroxylation is 1. The molecule has 18 heavy (non-hydrogen) atoms. The summed E-state index contributed by atoms with van der Waals surface area (Å²) in [6, 6.07) is 0. The highest BCUT2D eigenvalue weighted by atomic mass is 32.2. The molecule has 1 rings (SSSR count). The van der Waals surface area contributed by atoms with Crippen LogP contribution in [-0.2, 0) is 16.6 Å². The minimum atomic E-state index is -3.48. The van der Waals surface area contributed by atoms with Gasteiger partial charge in [0.05, 0.1) is 6.20 Å². The summed E-state index contributed by atoms with van der Waals surface area (Å²) < 4.78 is 28.3. The van der Waals surface area contributed by atoms with E-state index >= 15 is 0 Å². The highest BCUT2D eigenvalue weighted by Crippen LogP contribution is 2.11. The summed E-state index contributed by atoms with van der Waals surface area (Å²) in [5.74, 6) is 0. The molecular formula is C11H22N4O2S. The van der Waals surface area contributed by atoms with Crippen LogP contribution in [0.3, 0.4) is 0 Å². The zero-order chi connectivity index (χ0) is 13.8. The molecule has 0 amide bonds. The molecule has 0 aliphatic carbocycles. The van der Waals surface area contributed by atoms with Crippen molar-refractivity contribution in [1.29, 1.82) is 0 Å². The van der Waals surface area contributed by atoms with E-state index in [4.69, 9.17) is 0 Å². The van der Waals surface area contributed by atoms with Gasteiger partial charge in [-0.1, -0.05) is 0 Å². The molecule has 0 radical (unpaired) electrons. The molecule has 7 heteroatoms. The van der Waals surface area contributed by atoms with Crippen LogP contribution in [0.25, 0.3) is 0 Å². The molecule has 0 spiro atoms. The van der Waals surface area contributed by atoms with E-state index in [0.29, 0.717) is 6.54 Å². The summed E-state index contributed by atoms with van der Waals surface area (Å²) in [4.78, 5) is 0.210. The molecule has 6 nitrogen and oxygen atoms in total. The third kappa shape index (κ3) is 4.75. The molecule has 1 aromatic heterocycles.